The summed E-state index contributed by atoms with van der Waals surface area (Å²) in [5.74, 6) is 0.308. The molecule has 2 heterocycles. The van der Waals surface area contributed by atoms with Crippen molar-refractivity contribution in [3.8, 4) is 11.3 Å². The van der Waals surface area contributed by atoms with Crippen LogP contribution in [-0.4, -0.2) is 21.7 Å². The summed E-state index contributed by atoms with van der Waals surface area (Å²) in [6.45, 7) is 1.74. The number of carbonyl (C=O) groups is 2. The van der Waals surface area contributed by atoms with Gasteiger partial charge in [-0.1, -0.05) is 42.5 Å². The zero-order valence-electron chi connectivity index (χ0n) is 13.0. The van der Waals surface area contributed by atoms with E-state index in [2.05, 4.69) is 4.98 Å². The second-order valence-corrected chi connectivity index (χ2v) is 5.63. The summed E-state index contributed by atoms with van der Waals surface area (Å²) in [4.78, 5) is 30.5. The summed E-state index contributed by atoms with van der Waals surface area (Å²) in [6.07, 6.45) is 1.61. The maximum Gasteiger partial charge on any atom is 0.262 e. The molecule has 2 amide bonds. The van der Waals surface area contributed by atoms with Crippen LogP contribution >= 0.6 is 0 Å². The van der Waals surface area contributed by atoms with Gasteiger partial charge in [0.25, 0.3) is 11.8 Å². The highest BCUT2D eigenvalue weighted by Gasteiger charge is 2.40. The standard InChI is InChI=1S/C19H14N2O3/c1-12(17-20-11-16(24-17)13-7-3-2-4-8-13)21-18(22)14-9-5-6-10-15(14)19(21)23/h2-12H,1H3. The van der Waals surface area contributed by atoms with Gasteiger partial charge in [0, 0.05) is 5.56 Å². The number of amides is 2. The van der Waals surface area contributed by atoms with Gasteiger partial charge in [0.2, 0.25) is 5.89 Å². The third kappa shape index (κ3) is 2.13. The van der Waals surface area contributed by atoms with E-state index in [0.29, 0.717) is 22.8 Å². The first kappa shape index (κ1) is 14.4. The number of hydrogen-bond donors (Lipinski definition) is 0. The number of fused-ring (bicyclic) bond motifs is 1. The van der Waals surface area contributed by atoms with Crippen LogP contribution in [0.25, 0.3) is 11.3 Å². The molecule has 0 bridgehead atoms. The SMILES string of the molecule is CC(c1ncc(-c2ccccc2)o1)N1C(=O)c2ccccc2C1=O. The van der Waals surface area contributed by atoms with Crippen LogP contribution in [0.4, 0.5) is 0 Å². The van der Waals surface area contributed by atoms with E-state index >= 15 is 0 Å². The Kier molecular flexibility index (Phi) is 3.27. The number of benzene rings is 2. The molecule has 5 nitrogen and oxygen atoms in total. The van der Waals surface area contributed by atoms with E-state index in [-0.39, 0.29) is 11.8 Å². The molecule has 0 spiro atoms. The fraction of sp³-hybridized carbons (Fsp3) is 0.105. The number of carbonyl (C=O) groups excluding carboxylic acids is 2. The molecule has 1 unspecified atom stereocenters. The summed E-state index contributed by atoms with van der Waals surface area (Å²) >= 11 is 0. The van der Waals surface area contributed by atoms with E-state index in [1.165, 1.54) is 4.90 Å². The van der Waals surface area contributed by atoms with Gasteiger partial charge in [0.15, 0.2) is 5.76 Å². The lowest BCUT2D eigenvalue weighted by Crippen LogP contribution is -2.32. The van der Waals surface area contributed by atoms with Gasteiger partial charge >= 0.3 is 0 Å². The zero-order valence-corrected chi connectivity index (χ0v) is 13.0. The lowest BCUT2D eigenvalue weighted by Gasteiger charge is -2.19. The average molecular weight is 318 g/mol. The number of nitrogens with zero attached hydrogens (tertiary/aromatic N) is 2. The Morgan fingerprint density at radius 3 is 2.12 bits per heavy atom. The fourth-order valence-electron chi connectivity index (χ4n) is 2.89. The maximum absolute atomic E-state index is 12.5. The zero-order chi connectivity index (χ0) is 16.7. The van der Waals surface area contributed by atoms with Gasteiger partial charge in [0.1, 0.15) is 6.04 Å². The van der Waals surface area contributed by atoms with Gasteiger partial charge in [-0.05, 0) is 19.1 Å². The molecule has 1 atom stereocenters. The molecule has 0 radical (unpaired) electrons. The molecule has 1 aromatic heterocycles. The van der Waals surface area contributed by atoms with E-state index in [0.717, 1.165) is 5.56 Å². The first-order valence-corrected chi connectivity index (χ1v) is 7.65. The van der Waals surface area contributed by atoms with Crippen molar-refractivity contribution in [1.82, 2.24) is 9.88 Å². The van der Waals surface area contributed by atoms with Crippen LogP contribution in [0.15, 0.2) is 65.2 Å². The van der Waals surface area contributed by atoms with Gasteiger partial charge < -0.3 is 4.42 Å². The van der Waals surface area contributed by atoms with Gasteiger partial charge in [-0.2, -0.15) is 0 Å². The molecule has 3 aromatic rings. The number of hydrogen-bond acceptors (Lipinski definition) is 4. The van der Waals surface area contributed by atoms with Gasteiger partial charge in [-0.3, -0.25) is 14.5 Å². The minimum Gasteiger partial charge on any atom is -0.438 e. The van der Waals surface area contributed by atoms with Crippen LogP contribution in [0.3, 0.4) is 0 Å². The van der Waals surface area contributed by atoms with Gasteiger partial charge in [-0.25, -0.2) is 4.98 Å². The van der Waals surface area contributed by atoms with Crippen LogP contribution in [-0.2, 0) is 0 Å². The summed E-state index contributed by atoms with van der Waals surface area (Å²) in [6, 6.07) is 15.8. The number of aromatic nitrogens is 1. The lowest BCUT2D eigenvalue weighted by molar-refractivity contribution is 0.0574. The molecule has 24 heavy (non-hydrogen) atoms. The molecule has 0 saturated carbocycles. The molecular formula is C19H14N2O3. The van der Waals surface area contributed by atoms with E-state index < -0.39 is 6.04 Å². The molecule has 0 saturated heterocycles. The van der Waals surface area contributed by atoms with E-state index in [1.807, 2.05) is 30.3 Å². The Balaban J connectivity index is 1.66. The Hall–Kier alpha value is -3.21. The molecule has 0 aliphatic carbocycles. The first-order chi connectivity index (χ1) is 11.7. The first-order valence-electron chi connectivity index (χ1n) is 7.65. The van der Waals surface area contributed by atoms with Crippen LogP contribution in [0.2, 0.25) is 0 Å². The molecular weight excluding hydrogens is 304 g/mol. The Bertz CT molecular complexity index is 896. The van der Waals surface area contributed by atoms with Crippen molar-refractivity contribution in [3.05, 3.63) is 77.8 Å². The minimum absolute atomic E-state index is 0.317. The molecule has 118 valence electrons. The van der Waals surface area contributed by atoms with E-state index in [4.69, 9.17) is 4.42 Å². The summed E-state index contributed by atoms with van der Waals surface area (Å²) in [5.41, 5.74) is 1.74. The lowest BCUT2D eigenvalue weighted by atomic mass is 10.1. The van der Waals surface area contributed by atoms with Crippen molar-refractivity contribution in [2.75, 3.05) is 0 Å². The number of rotatable bonds is 3. The van der Waals surface area contributed by atoms with Crippen molar-refractivity contribution in [2.45, 2.75) is 13.0 Å². The van der Waals surface area contributed by atoms with Crippen LogP contribution < -0.4 is 0 Å². The van der Waals surface area contributed by atoms with Crippen molar-refractivity contribution in [2.24, 2.45) is 0 Å². The highest BCUT2D eigenvalue weighted by molar-refractivity contribution is 6.21. The monoisotopic (exact) mass is 318 g/mol. The quantitative estimate of drug-likeness (QED) is 0.691. The second kappa shape index (κ2) is 5.45. The van der Waals surface area contributed by atoms with Crippen molar-refractivity contribution >= 4 is 11.8 Å². The molecule has 1 aliphatic heterocycles. The summed E-state index contributed by atoms with van der Waals surface area (Å²) < 4.78 is 5.78. The molecule has 1 aliphatic rings. The largest absolute Gasteiger partial charge is 0.438 e. The molecule has 0 N–H and O–H groups in total. The second-order valence-electron chi connectivity index (χ2n) is 5.63. The van der Waals surface area contributed by atoms with Gasteiger partial charge in [-0.15, -0.1) is 0 Å². The van der Waals surface area contributed by atoms with Gasteiger partial charge in [0.05, 0.1) is 17.3 Å². The number of oxazole rings is 1. The summed E-state index contributed by atoms with van der Waals surface area (Å²) in [7, 11) is 0. The average Bonchev–Trinajstić information content (AvgIpc) is 3.20. The maximum atomic E-state index is 12.5. The van der Waals surface area contributed by atoms with Crippen molar-refractivity contribution in [1.29, 1.82) is 0 Å². The topological polar surface area (TPSA) is 63.4 Å². The Morgan fingerprint density at radius 1 is 0.917 bits per heavy atom. The highest BCUT2D eigenvalue weighted by atomic mass is 16.4. The fourth-order valence-corrected chi connectivity index (χ4v) is 2.89. The smallest absolute Gasteiger partial charge is 0.262 e. The third-order valence-corrected chi connectivity index (χ3v) is 4.15. The van der Waals surface area contributed by atoms with Crippen molar-refractivity contribution < 1.29 is 14.0 Å². The highest BCUT2D eigenvalue weighted by Crippen LogP contribution is 2.32. The third-order valence-electron chi connectivity index (χ3n) is 4.15. The summed E-state index contributed by atoms with van der Waals surface area (Å²) in [5, 5.41) is 0. The Labute approximate surface area is 138 Å². The van der Waals surface area contributed by atoms with E-state index in [1.54, 1.807) is 37.4 Å². The van der Waals surface area contributed by atoms with Crippen LogP contribution in [0.5, 0.6) is 0 Å². The molecule has 2 aromatic carbocycles. The van der Waals surface area contributed by atoms with Crippen LogP contribution in [0, 0.1) is 0 Å². The molecule has 4 rings (SSSR count). The predicted octanol–water partition coefficient (Wildman–Crippen LogP) is 3.70. The van der Waals surface area contributed by atoms with Crippen molar-refractivity contribution in [3.63, 3.8) is 0 Å². The predicted molar refractivity (Wildman–Crippen MR) is 87.3 cm³/mol. The Morgan fingerprint density at radius 2 is 1.50 bits per heavy atom. The number of imide groups is 1. The minimum atomic E-state index is -0.574. The van der Waals surface area contributed by atoms with E-state index in [9.17, 15) is 9.59 Å². The van der Waals surface area contributed by atoms with Crippen LogP contribution in [0.1, 0.15) is 39.6 Å². The molecule has 5 heteroatoms. The normalized spacial score (nSPS) is 14.8. The molecule has 0 fully saturated rings.